The Balaban J connectivity index is 2.81. The molecule has 0 bridgehead atoms. The number of hydrogen-bond donors (Lipinski definition) is 2. The second kappa shape index (κ2) is 6.79. The molecule has 0 aliphatic heterocycles. The van der Waals surface area contributed by atoms with Crippen LogP contribution in [0.4, 0.5) is 18.9 Å². The first-order chi connectivity index (χ1) is 9.64. The number of nitrogens with one attached hydrogen (secondary N) is 1. The lowest BCUT2D eigenvalue weighted by atomic mass is 10.1. The Morgan fingerprint density at radius 3 is 2.52 bits per heavy atom. The van der Waals surface area contributed by atoms with E-state index in [1.165, 1.54) is 19.1 Å². The van der Waals surface area contributed by atoms with E-state index in [9.17, 15) is 21.6 Å². The van der Waals surface area contributed by atoms with Crippen LogP contribution in [0.1, 0.15) is 25.3 Å². The first kappa shape index (κ1) is 17.3. The van der Waals surface area contributed by atoms with Gasteiger partial charge in [-0.25, -0.2) is 8.42 Å². The van der Waals surface area contributed by atoms with Gasteiger partial charge in [0.05, 0.1) is 17.2 Å². The van der Waals surface area contributed by atoms with Gasteiger partial charge in [0, 0.05) is 12.0 Å². The van der Waals surface area contributed by atoms with Crippen LogP contribution in [0.2, 0.25) is 0 Å². The zero-order valence-corrected chi connectivity index (χ0v) is 12.0. The van der Waals surface area contributed by atoms with Crippen LogP contribution in [0.25, 0.3) is 0 Å². The van der Waals surface area contributed by atoms with Gasteiger partial charge < -0.3 is 5.21 Å². The summed E-state index contributed by atoms with van der Waals surface area (Å²) in [6.45, 7) is 1.47. The Morgan fingerprint density at radius 2 is 1.95 bits per heavy atom. The van der Waals surface area contributed by atoms with E-state index in [2.05, 4.69) is 9.88 Å². The number of anilines is 1. The fourth-order valence-electron chi connectivity index (χ4n) is 1.62. The van der Waals surface area contributed by atoms with Gasteiger partial charge in [-0.2, -0.15) is 13.2 Å². The Kier molecular flexibility index (Phi) is 5.59. The van der Waals surface area contributed by atoms with Gasteiger partial charge >= 0.3 is 6.18 Å². The normalized spacial score (nSPS) is 13.2. The number of alkyl halides is 3. The molecule has 5 nitrogen and oxygen atoms in total. The maximum Gasteiger partial charge on any atom is 0.389 e. The molecule has 1 rings (SSSR count). The van der Waals surface area contributed by atoms with Gasteiger partial charge in [0.15, 0.2) is 0 Å². The molecule has 0 saturated carbocycles. The molecule has 0 amide bonds. The lowest BCUT2D eigenvalue weighted by molar-refractivity contribution is -0.134. The standard InChI is InChI=1S/C12H15F3N2O3S/c1-9(16-18)10-5-2-3-6-11(10)17-21(19,20)8-4-7-12(13,14)15/h2-3,5-6,17-18H,4,7-8H2,1H3/b16-9-. The molecular formula is C12H15F3N2O3S. The van der Waals surface area contributed by atoms with E-state index in [-0.39, 0.29) is 11.4 Å². The smallest absolute Gasteiger partial charge is 0.389 e. The predicted octanol–water partition coefficient (Wildman–Crippen LogP) is 2.97. The molecule has 0 spiro atoms. The van der Waals surface area contributed by atoms with Crippen molar-refractivity contribution in [2.45, 2.75) is 25.9 Å². The van der Waals surface area contributed by atoms with E-state index < -0.39 is 34.8 Å². The largest absolute Gasteiger partial charge is 0.411 e. The number of benzene rings is 1. The zero-order chi connectivity index (χ0) is 16.1. The number of oxime groups is 1. The van der Waals surface area contributed by atoms with Crippen molar-refractivity contribution in [2.24, 2.45) is 5.16 Å². The van der Waals surface area contributed by atoms with E-state index in [4.69, 9.17) is 5.21 Å². The number of sulfonamides is 1. The zero-order valence-electron chi connectivity index (χ0n) is 11.2. The molecule has 118 valence electrons. The third-order valence-electron chi connectivity index (χ3n) is 2.61. The van der Waals surface area contributed by atoms with Crippen LogP contribution in [-0.4, -0.2) is 31.3 Å². The van der Waals surface area contributed by atoms with Crippen molar-refractivity contribution in [3.8, 4) is 0 Å². The molecule has 0 heterocycles. The van der Waals surface area contributed by atoms with Crippen molar-refractivity contribution in [1.29, 1.82) is 0 Å². The third-order valence-corrected chi connectivity index (χ3v) is 3.96. The minimum absolute atomic E-state index is 0.153. The first-order valence-electron chi connectivity index (χ1n) is 6.00. The SMILES string of the molecule is C/C(=N/O)c1ccccc1NS(=O)(=O)CCCC(F)(F)F. The second-order valence-electron chi connectivity index (χ2n) is 4.37. The van der Waals surface area contributed by atoms with Crippen LogP contribution in [0.15, 0.2) is 29.4 Å². The van der Waals surface area contributed by atoms with Gasteiger partial charge in [0.25, 0.3) is 0 Å². The van der Waals surface area contributed by atoms with Crippen LogP contribution in [0.5, 0.6) is 0 Å². The highest BCUT2D eigenvalue weighted by Crippen LogP contribution is 2.22. The maximum absolute atomic E-state index is 12.0. The summed E-state index contributed by atoms with van der Waals surface area (Å²) in [5.41, 5.74) is 0.683. The van der Waals surface area contributed by atoms with Crippen LogP contribution in [-0.2, 0) is 10.0 Å². The van der Waals surface area contributed by atoms with Crippen molar-refractivity contribution >= 4 is 21.4 Å². The van der Waals surface area contributed by atoms with Gasteiger partial charge in [0.1, 0.15) is 0 Å². The summed E-state index contributed by atoms with van der Waals surface area (Å²) >= 11 is 0. The van der Waals surface area contributed by atoms with E-state index in [0.717, 1.165) is 0 Å². The maximum atomic E-state index is 12.0. The van der Waals surface area contributed by atoms with Crippen molar-refractivity contribution in [3.63, 3.8) is 0 Å². The number of nitrogens with zero attached hydrogens (tertiary/aromatic N) is 1. The van der Waals surface area contributed by atoms with Gasteiger partial charge in [-0.05, 0) is 19.4 Å². The Labute approximate surface area is 120 Å². The van der Waals surface area contributed by atoms with Gasteiger partial charge in [-0.15, -0.1) is 0 Å². The van der Waals surface area contributed by atoms with E-state index in [0.29, 0.717) is 5.56 Å². The summed E-state index contributed by atoms with van der Waals surface area (Å²) in [6, 6.07) is 6.14. The Bertz CT molecular complexity index is 612. The predicted molar refractivity (Wildman–Crippen MR) is 73.1 cm³/mol. The summed E-state index contributed by atoms with van der Waals surface area (Å²) in [5, 5.41) is 11.7. The number of hydrogen-bond acceptors (Lipinski definition) is 4. The van der Waals surface area contributed by atoms with Gasteiger partial charge in [-0.3, -0.25) is 4.72 Å². The first-order valence-corrected chi connectivity index (χ1v) is 7.65. The highest BCUT2D eigenvalue weighted by atomic mass is 32.2. The molecule has 0 radical (unpaired) electrons. The number of rotatable bonds is 6. The Morgan fingerprint density at radius 1 is 1.33 bits per heavy atom. The lowest BCUT2D eigenvalue weighted by Crippen LogP contribution is -2.20. The molecule has 2 N–H and O–H groups in total. The van der Waals surface area contributed by atoms with Crippen molar-refractivity contribution in [1.82, 2.24) is 0 Å². The van der Waals surface area contributed by atoms with Crippen molar-refractivity contribution < 1.29 is 26.8 Å². The second-order valence-corrected chi connectivity index (χ2v) is 6.21. The lowest BCUT2D eigenvalue weighted by Gasteiger charge is -2.12. The molecule has 0 atom stereocenters. The summed E-state index contributed by atoms with van der Waals surface area (Å²) in [4.78, 5) is 0. The molecule has 0 aliphatic rings. The molecule has 0 unspecified atom stereocenters. The van der Waals surface area contributed by atoms with E-state index in [1.54, 1.807) is 12.1 Å². The quantitative estimate of drug-likeness (QED) is 0.480. The van der Waals surface area contributed by atoms with Gasteiger partial charge in [0.2, 0.25) is 10.0 Å². The molecule has 9 heteroatoms. The van der Waals surface area contributed by atoms with Crippen LogP contribution in [0.3, 0.4) is 0 Å². The molecule has 1 aromatic rings. The highest BCUT2D eigenvalue weighted by molar-refractivity contribution is 7.92. The average molecular weight is 324 g/mol. The minimum Gasteiger partial charge on any atom is -0.411 e. The fourth-order valence-corrected chi connectivity index (χ4v) is 2.76. The number of halogens is 3. The highest BCUT2D eigenvalue weighted by Gasteiger charge is 2.27. The number of para-hydroxylation sites is 1. The average Bonchev–Trinajstić information content (AvgIpc) is 2.36. The van der Waals surface area contributed by atoms with E-state index >= 15 is 0 Å². The molecule has 0 aromatic heterocycles. The van der Waals surface area contributed by atoms with Crippen molar-refractivity contribution in [3.05, 3.63) is 29.8 Å². The van der Waals surface area contributed by atoms with Crippen molar-refractivity contribution in [2.75, 3.05) is 10.5 Å². The van der Waals surface area contributed by atoms with Crippen LogP contribution < -0.4 is 4.72 Å². The molecule has 0 aliphatic carbocycles. The molecule has 0 fully saturated rings. The fraction of sp³-hybridized carbons (Fsp3) is 0.417. The van der Waals surface area contributed by atoms with Crippen LogP contribution >= 0.6 is 0 Å². The molecule has 21 heavy (non-hydrogen) atoms. The molecular weight excluding hydrogens is 309 g/mol. The monoisotopic (exact) mass is 324 g/mol. The minimum atomic E-state index is -4.38. The summed E-state index contributed by atoms with van der Waals surface area (Å²) in [7, 11) is -3.91. The Hall–Kier alpha value is -1.77. The summed E-state index contributed by atoms with van der Waals surface area (Å²) < 4.78 is 61.8. The summed E-state index contributed by atoms with van der Waals surface area (Å²) in [5.74, 6) is -0.643. The van der Waals surface area contributed by atoms with E-state index in [1.807, 2.05) is 0 Å². The van der Waals surface area contributed by atoms with Crippen LogP contribution in [0, 0.1) is 0 Å². The summed E-state index contributed by atoms with van der Waals surface area (Å²) in [6.07, 6.45) is -6.06. The van der Waals surface area contributed by atoms with Gasteiger partial charge in [-0.1, -0.05) is 23.4 Å². The third kappa shape index (κ3) is 6.03. The molecule has 1 aromatic carbocycles. The molecule has 0 saturated heterocycles. The topological polar surface area (TPSA) is 78.8 Å².